The van der Waals surface area contributed by atoms with Gasteiger partial charge in [-0.25, -0.2) is 0 Å². The van der Waals surface area contributed by atoms with Crippen LogP contribution >= 0.6 is 35.6 Å². The van der Waals surface area contributed by atoms with Crippen molar-refractivity contribution in [2.75, 3.05) is 33.8 Å². The second-order valence-electron chi connectivity index (χ2n) is 6.29. The molecular weight excluding hydrogens is 467 g/mol. The van der Waals surface area contributed by atoms with E-state index in [4.69, 9.17) is 16.3 Å². The molecule has 1 rings (SSSR count). The van der Waals surface area contributed by atoms with Gasteiger partial charge in [-0.05, 0) is 44.9 Å². The van der Waals surface area contributed by atoms with E-state index < -0.39 is 5.41 Å². The summed E-state index contributed by atoms with van der Waals surface area (Å²) in [6.45, 7) is 7.56. The van der Waals surface area contributed by atoms with Crippen molar-refractivity contribution in [2.45, 2.75) is 27.2 Å². The zero-order valence-electron chi connectivity index (χ0n) is 16.1. The monoisotopic (exact) mass is 496 g/mol. The maximum absolute atomic E-state index is 11.8. The van der Waals surface area contributed by atoms with Crippen LogP contribution in [0.5, 0.6) is 5.75 Å². The average Bonchev–Trinajstić information content (AvgIpc) is 2.60. The molecule has 3 N–H and O–H groups in total. The summed E-state index contributed by atoms with van der Waals surface area (Å²) in [5.41, 5.74) is 0.479. The Morgan fingerprint density at radius 1 is 1.31 bits per heavy atom. The number of methoxy groups -OCH3 is 1. The zero-order chi connectivity index (χ0) is 18.9. The summed E-state index contributed by atoms with van der Waals surface area (Å²) in [5, 5.41) is 9.81. The maximum atomic E-state index is 11.8. The third kappa shape index (κ3) is 7.99. The number of halogens is 2. The summed E-state index contributed by atoms with van der Waals surface area (Å²) in [7, 11) is 3.25. The number of benzene rings is 1. The van der Waals surface area contributed by atoms with Gasteiger partial charge in [-0.2, -0.15) is 0 Å². The lowest BCUT2D eigenvalue weighted by Crippen LogP contribution is -2.41. The molecule has 0 heterocycles. The lowest BCUT2D eigenvalue weighted by atomic mass is 9.93. The largest absolute Gasteiger partial charge is 0.497 e. The number of ether oxygens (including phenoxy) is 1. The number of carbonyl (C=O) groups excluding carboxylic acids is 1. The van der Waals surface area contributed by atoms with Gasteiger partial charge >= 0.3 is 0 Å². The molecule has 0 aromatic heterocycles. The van der Waals surface area contributed by atoms with Gasteiger partial charge in [0.05, 0.1) is 19.1 Å². The van der Waals surface area contributed by atoms with Gasteiger partial charge in [-0.1, -0.05) is 17.7 Å². The van der Waals surface area contributed by atoms with Crippen molar-refractivity contribution in [2.24, 2.45) is 10.4 Å². The molecule has 148 valence electrons. The number of guanidine groups is 1. The highest BCUT2D eigenvalue weighted by Gasteiger charge is 2.26. The lowest BCUT2D eigenvalue weighted by Gasteiger charge is -2.21. The van der Waals surface area contributed by atoms with Crippen LogP contribution < -0.4 is 20.7 Å². The van der Waals surface area contributed by atoms with E-state index in [1.165, 1.54) is 0 Å². The third-order valence-electron chi connectivity index (χ3n) is 3.77. The first-order chi connectivity index (χ1) is 11.8. The number of nitrogens with one attached hydrogen (secondary N) is 3. The van der Waals surface area contributed by atoms with Gasteiger partial charge in [0.2, 0.25) is 5.91 Å². The first-order valence-corrected chi connectivity index (χ1v) is 8.78. The summed E-state index contributed by atoms with van der Waals surface area (Å²) in [5.74, 6) is 1.40. The van der Waals surface area contributed by atoms with E-state index in [-0.39, 0.29) is 29.9 Å². The van der Waals surface area contributed by atoms with E-state index in [1.807, 2.05) is 39.0 Å². The molecule has 0 unspecified atom stereocenters. The second-order valence-corrected chi connectivity index (χ2v) is 6.70. The van der Waals surface area contributed by atoms with Crippen LogP contribution in [0.25, 0.3) is 0 Å². The maximum Gasteiger partial charge on any atom is 0.227 e. The number of aliphatic imine (C=N–C) groups is 1. The fourth-order valence-corrected chi connectivity index (χ4v) is 2.47. The smallest absolute Gasteiger partial charge is 0.227 e. The Kier molecular flexibility index (Phi) is 11.6. The SMILES string of the molecule is CCNC(=NCC(C)(C)C(=O)NC)NCCc1ccc(OC)cc1Cl.I. The van der Waals surface area contributed by atoms with Crippen LogP contribution in [0, 0.1) is 5.41 Å². The van der Waals surface area contributed by atoms with Crippen LogP contribution in [0.1, 0.15) is 26.3 Å². The van der Waals surface area contributed by atoms with Crippen LogP contribution in [0.4, 0.5) is 0 Å². The summed E-state index contributed by atoms with van der Waals surface area (Å²) < 4.78 is 5.16. The van der Waals surface area contributed by atoms with Crippen LogP contribution in [-0.2, 0) is 11.2 Å². The van der Waals surface area contributed by atoms with Gasteiger partial charge in [0.25, 0.3) is 0 Å². The van der Waals surface area contributed by atoms with E-state index in [1.54, 1.807) is 14.2 Å². The van der Waals surface area contributed by atoms with E-state index in [2.05, 4.69) is 20.9 Å². The van der Waals surface area contributed by atoms with Crippen molar-refractivity contribution in [3.8, 4) is 5.75 Å². The van der Waals surface area contributed by atoms with Crippen molar-refractivity contribution >= 4 is 47.4 Å². The Balaban J connectivity index is 0.00000625. The summed E-state index contributed by atoms with van der Waals surface area (Å²) in [4.78, 5) is 16.4. The third-order valence-corrected chi connectivity index (χ3v) is 4.12. The Hall–Kier alpha value is -1.22. The van der Waals surface area contributed by atoms with Crippen LogP contribution in [-0.4, -0.2) is 45.7 Å². The minimum Gasteiger partial charge on any atom is -0.497 e. The van der Waals surface area contributed by atoms with Crippen molar-refractivity contribution in [3.05, 3.63) is 28.8 Å². The molecule has 8 heteroatoms. The molecule has 0 saturated carbocycles. The van der Waals surface area contributed by atoms with Gasteiger partial charge in [-0.3, -0.25) is 9.79 Å². The van der Waals surface area contributed by atoms with Crippen LogP contribution in [0.3, 0.4) is 0 Å². The van der Waals surface area contributed by atoms with E-state index >= 15 is 0 Å². The molecule has 0 aliphatic rings. The number of rotatable bonds is 8. The molecule has 1 aromatic rings. The lowest BCUT2D eigenvalue weighted by molar-refractivity contribution is -0.128. The quantitative estimate of drug-likeness (QED) is 0.294. The summed E-state index contributed by atoms with van der Waals surface area (Å²) in [6.07, 6.45) is 0.756. The second kappa shape index (κ2) is 12.2. The number of carbonyl (C=O) groups is 1. The predicted octanol–water partition coefficient (Wildman–Crippen LogP) is 2.84. The van der Waals surface area contributed by atoms with Crippen molar-refractivity contribution in [3.63, 3.8) is 0 Å². The average molecular weight is 497 g/mol. The molecule has 1 aromatic carbocycles. The highest BCUT2D eigenvalue weighted by Crippen LogP contribution is 2.22. The standard InChI is InChI=1S/C18H29ClN4O2.HI/c1-6-21-17(23-12-18(2,3)16(24)20-4)22-10-9-13-7-8-14(25-5)11-15(13)19;/h7-8,11H,6,9-10,12H2,1-5H3,(H,20,24)(H2,21,22,23);1H. The first kappa shape index (κ1) is 24.8. The molecule has 0 radical (unpaired) electrons. The highest BCUT2D eigenvalue weighted by atomic mass is 127. The molecular formula is C18H30ClIN4O2. The minimum absolute atomic E-state index is 0. The molecule has 0 aliphatic heterocycles. The molecule has 6 nitrogen and oxygen atoms in total. The Labute approximate surface area is 178 Å². The fourth-order valence-electron chi connectivity index (χ4n) is 2.20. The van der Waals surface area contributed by atoms with Gasteiger partial charge in [0.15, 0.2) is 5.96 Å². The zero-order valence-corrected chi connectivity index (χ0v) is 19.2. The molecule has 0 spiro atoms. The van der Waals surface area contributed by atoms with Crippen LogP contribution in [0.2, 0.25) is 5.02 Å². The van der Waals surface area contributed by atoms with E-state index in [0.717, 1.165) is 24.3 Å². The molecule has 1 amide bonds. The summed E-state index contributed by atoms with van der Waals surface area (Å²) in [6, 6.07) is 5.66. The molecule has 0 bridgehead atoms. The van der Waals surface area contributed by atoms with Gasteiger partial charge in [0, 0.05) is 25.2 Å². The Morgan fingerprint density at radius 3 is 2.54 bits per heavy atom. The number of amides is 1. The Morgan fingerprint density at radius 2 is 2.00 bits per heavy atom. The van der Waals surface area contributed by atoms with Gasteiger partial charge in [0.1, 0.15) is 5.75 Å². The van der Waals surface area contributed by atoms with Crippen molar-refractivity contribution < 1.29 is 9.53 Å². The topological polar surface area (TPSA) is 74.8 Å². The van der Waals surface area contributed by atoms with Gasteiger partial charge < -0.3 is 20.7 Å². The number of nitrogens with zero attached hydrogens (tertiary/aromatic N) is 1. The fraction of sp³-hybridized carbons (Fsp3) is 0.556. The molecule has 26 heavy (non-hydrogen) atoms. The van der Waals surface area contributed by atoms with Crippen molar-refractivity contribution in [1.29, 1.82) is 0 Å². The normalized spacial score (nSPS) is 11.4. The van der Waals surface area contributed by atoms with Crippen molar-refractivity contribution in [1.82, 2.24) is 16.0 Å². The van der Waals surface area contributed by atoms with E-state index in [0.29, 0.717) is 24.1 Å². The highest BCUT2D eigenvalue weighted by molar-refractivity contribution is 14.0. The molecule has 0 aliphatic carbocycles. The summed E-state index contributed by atoms with van der Waals surface area (Å²) >= 11 is 6.26. The number of hydrogen-bond donors (Lipinski definition) is 3. The molecule has 0 fully saturated rings. The van der Waals surface area contributed by atoms with Crippen LogP contribution in [0.15, 0.2) is 23.2 Å². The van der Waals surface area contributed by atoms with Gasteiger partial charge in [-0.15, -0.1) is 24.0 Å². The predicted molar refractivity (Wildman–Crippen MR) is 119 cm³/mol. The number of hydrogen-bond acceptors (Lipinski definition) is 3. The minimum atomic E-state index is -0.559. The molecule has 0 saturated heterocycles. The first-order valence-electron chi connectivity index (χ1n) is 8.40. The van der Waals surface area contributed by atoms with E-state index in [9.17, 15) is 4.79 Å². The molecule has 0 atom stereocenters. The Bertz CT molecular complexity index is 609.